The van der Waals surface area contributed by atoms with Gasteiger partial charge in [0.2, 0.25) is 17.8 Å². The number of nitriles is 1. The molecule has 0 radical (unpaired) electrons. The van der Waals surface area contributed by atoms with Crippen LogP contribution in [0.15, 0.2) is 72.0 Å². The molecule has 22 heteroatoms. The number of hydrogen-bond acceptors (Lipinski definition) is 14. The Morgan fingerprint density at radius 2 is 1.58 bits per heavy atom. The maximum atomic E-state index is 15.2. The molecule has 0 aliphatic carbocycles. The fourth-order valence-electron chi connectivity index (χ4n) is 9.28. The first kappa shape index (κ1) is 42.6. The van der Waals surface area contributed by atoms with E-state index in [1.165, 1.54) is 41.5 Å². The number of fused-ring (bicyclic) bond motifs is 2. The van der Waals surface area contributed by atoms with Gasteiger partial charge in [0.25, 0.3) is 17.4 Å². The van der Waals surface area contributed by atoms with Crippen LogP contribution in [0.3, 0.4) is 0 Å². The van der Waals surface area contributed by atoms with E-state index in [-0.39, 0.29) is 60.3 Å². The lowest BCUT2D eigenvalue weighted by molar-refractivity contribution is -0.136. The van der Waals surface area contributed by atoms with Crippen LogP contribution in [0.25, 0.3) is 16.6 Å². The number of rotatable bonds is 10. The van der Waals surface area contributed by atoms with Crippen molar-refractivity contribution >= 4 is 62.1 Å². The zero-order valence-corrected chi connectivity index (χ0v) is 35.7. The van der Waals surface area contributed by atoms with Gasteiger partial charge < -0.3 is 14.5 Å². The van der Waals surface area contributed by atoms with Crippen molar-refractivity contribution in [2.45, 2.75) is 44.3 Å². The number of benzene rings is 3. The third-order valence-corrected chi connectivity index (χ3v) is 14.4. The van der Waals surface area contributed by atoms with E-state index in [2.05, 4.69) is 34.8 Å². The number of nitrogens with one attached hydrogen (secondary N) is 2. The number of piperidine rings is 2. The number of nitrogens with zero attached hydrogens (tertiary/aromatic N) is 9. The molecular weight excluding hydrogens is 881 g/mol. The third-order valence-electron chi connectivity index (χ3n) is 12.9. The summed E-state index contributed by atoms with van der Waals surface area (Å²) in [7, 11) is -4.26. The summed E-state index contributed by atoms with van der Waals surface area (Å²) in [5, 5.41) is 12.3. The molecule has 0 spiro atoms. The topological polar surface area (TPSA) is 233 Å². The molecule has 4 saturated heterocycles. The molecule has 7 heterocycles. The number of ether oxygens (including phenoxy) is 1. The van der Waals surface area contributed by atoms with Crippen molar-refractivity contribution in [2.24, 2.45) is 11.8 Å². The molecule has 66 heavy (non-hydrogen) atoms. The molecule has 5 aliphatic rings. The molecule has 3 aromatic carbocycles. The van der Waals surface area contributed by atoms with Crippen molar-refractivity contribution in [1.29, 1.82) is 5.26 Å². The zero-order chi connectivity index (χ0) is 46.0. The predicted molar refractivity (Wildman–Crippen MR) is 232 cm³/mol. The largest absolute Gasteiger partial charge is 0.453 e. The fraction of sp³-hybridized carbons (Fsp3) is 0.341. The fourth-order valence-corrected chi connectivity index (χ4v) is 10.6. The summed E-state index contributed by atoms with van der Waals surface area (Å²) in [4.78, 5) is 83.1. The molecule has 2 atom stereocenters. The standard InChI is InChI=1S/C44H39F2N11O8S/c45-26-11-14-55(22-26)66(63,64)52-36-6-4-34(46)39(33(36)17-47)65-29-2-5-35-32(16-29)41(60)56(23-50-35)28-18-48-44(49-19-28)53-12-9-24(10-13-53)25-20-54(21-25)27-1-3-30-31(15-27)43(62)57(42(30)61)37-7-8-38(58)51-40(37)59/h1-6,15-16,18-19,23-26,37,52H,7-14,20-22H2,(H,51,58,59)/t26-,37?/m1/s1. The first-order chi connectivity index (χ1) is 31.8. The van der Waals surface area contributed by atoms with E-state index in [1.807, 2.05) is 6.07 Å². The Hall–Kier alpha value is -7.38. The number of carbonyl (C=O) groups excluding carboxylic acids is 4. The molecule has 4 amide bonds. The van der Waals surface area contributed by atoms with E-state index in [1.54, 1.807) is 18.2 Å². The van der Waals surface area contributed by atoms with E-state index in [9.17, 15) is 42.0 Å². The molecule has 0 bridgehead atoms. The second kappa shape index (κ2) is 16.6. The maximum Gasteiger partial charge on any atom is 0.301 e. The zero-order valence-electron chi connectivity index (χ0n) is 34.9. The number of hydrogen-bond donors (Lipinski definition) is 2. The smallest absolute Gasteiger partial charge is 0.301 e. The highest BCUT2D eigenvalue weighted by atomic mass is 32.2. The van der Waals surface area contributed by atoms with Crippen molar-refractivity contribution in [3.63, 3.8) is 0 Å². The van der Waals surface area contributed by atoms with Crippen molar-refractivity contribution in [1.82, 2.24) is 34.0 Å². The number of halogens is 2. The molecule has 0 saturated carbocycles. The Morgan fingerprint density at radius 3 is 2.29 bits per heavy atom. The van der Waals surface area contributed by atoms with E-state index < -0.39 is 68.7 Å². The van der Waals surface area contributed by atoms with Gasteiger partial charge in [-0.2, -0.15) is 18.0 Å². The molecule has 5 aromatic rings. The summed E-state index contributed by atoms with van der Waals surface area (Å²) in [6.45, 7) is 2.60. The number of amides is 4. The molecule has 4 fully saturated rings. The molecule has 338 valence electrons. The third kappa shape index (κ3) is 7.62. The predicted octanol–water partition coefficient (Wildman–Crippen LogP) is 3.43. The monoisotopic (exact) mass is 919 g/mol. The van der Waals surface area contributed by atoms with E-state index >= 15 is 4.39 Å². The van der Waals surface area contributed by atoms with Crippen LogP contribution in [-0.2, 0) is 19.8 Å². The highest BCUT2D eigenvalue weighted by Crippen LogP contribution is 2.38. The number of imide groups is 2. The van der Waals surface area contributed by atoms with Gasteiger partial charge in [-0.05, 0) is 86.1 Å². The van der Waals surface area contributed by atoms with Crippen LogP contribution < -0.4 is 30.1 Å². The van der Waals surface area contributed by atoms with Gasteiger partial charge in [-0.25, -0.2) is 23.7 Å². The minimum Gasteiger partial charge on any atom is -0.453 e. The Morgan fingerprint density at radius 1 is 0.818 bits per heavy atom. The summed E-state index contributed by atoms with van der Waals surface area (Å²) >= 11 is 0. The molecular formula is C44H39F2N11O8S. The Balaban J connectivity index is 0.766. The lowest BCUT2D eigenvalue weighted by atomic mass is 9.79. The molecule has 19 nitrogen and oxygen atoms in total. The van der Waals surface area contributed by atoms with Crippen LogP contribution in [0.1, 0.15) is 58.4 Å². The minimum atomic E-state index is -4.26. The number of aromatic nitrogens is 4. The van der Waals surface area contributed by atoms with Gasteiger partial charge in [0.05, 0.1) is 45.8 Å². The lowest BCUT2D eigenvalue weighted by Gasteiger charge is -2.47. The van der Waals surface area contributed by atoms with Gasteiger partial charge in [-0.15, -0.1) is 0 Å². The van der Waals surface area contributed by atoms with Crippen molar-refractivity contribution in [3.8, 4) is 23.3 Å². The van der Waals surface area contributed by atoms with Crippen LogP contribution in [0.2, 0.25) is 0 Å². The minimum absolute atomic E-state index is 0.0286. The van der Waals surface area contributed by atoms with Gasteiger partial charge in [0.15, 0.2) is 11.6 Å². The normalized spacial score (nSPS) is 20.7. The second-order valence-electron chi connectivity index (χ2n) is 16.9. The molecule has 1 unspecified atom stereocenters. The van der Waals surface area contributed by atoms with Crippen molar-refractivity contribution in [2.75, 3.05) is 53.8 Å². The second-order valence-corrected chi connectivity index (χ2v) is 18.5. The van der Waals surface area contributed by atoms with Gasteiger partial charge in [0, 0.05) is 51.4 Å². The van der Waals surface area contributed by atoms with Gasteiger partial charge in [0.1, 0.15) is 35.9 Å². The van der Waals surface area contributed by atoms with Crippen LogP contribution in [-0.4, -0.2) is 112 Å². The lowest BCUT2D eigenvalue weighted by Crippen LogP contribution is -2.54. The average molecular weight is 920 g/mol. The van der Waals surface area contributed by atoms with E-state index in [0.717, 1.165) is 53.0 Å². The highest BCUT2D eigenvalue weighted by Gasteiger charge is 2.45. The Kier molecular flexibility index (Phi) is 10.7. The van der Waals surface area contributed by atoms with Gasteiger partial charge in [-0.3, -0.25) is 43.5 Å². The van der Waals surface area contributed by atoms with E-state index in [0.29, 0.717) is 42.1 Å². The van der Waals surface area contributed by atoms with Gasteiger partial charge in [-0.1, -0.05) is 0 Å². The van der Waals surface area contributed by atoms with Crippen LogP contribution in [0, 0.1) is 29.0 Å². The quantitative estimate of drug-likeness (QED) is 0.191. The van der Waals surface area contributed by atoms with Crippen LogP contribution in [0.5, 0.6) is 11.5 Å². The number of anilines is 3. The van der Waals surface area contributed by atoms with Crippen LogP contribution in [0.4, 0.5) is 26.1 Å². The Bertz CT molecular complexity index is 3080. The summed E-state index contributed by atoms with van der Waals surface area (Å²) in [5.41, 5.74) is 0.732. The van der Waals surface area contributed by atoms with E-state index in [4.69, 9.17) is 4.74 Å². The van der Waals surface area contributed by atoms with Crippen molar-refractivity contribution in [3.05, 3.63) is 100 Å². The van der Waals surface area contributed by atoms with Gasteiger partial charge >= 0.3 is 10.2 Å². The highest BCUT2D eigenvalue weighted by molar-refractivity contribution is 7.90. The first-order valence-electron chi connectivity index (χ1n) is 21.3. The first-order valence-corrected chi connectivity index (χ1v) is 22.7. The summed E-state index contributed by atoms with van der Waals surface area (Å²) < 4.78 is 64.9. The average Bonchev–Trinajstić information content (AvgIpc) is 3.85. The van der Waals surface area contributed by atoms with Crippen LogP contribution >= 0.6 is 0 Å². The molecule has 2 aromatic heterocycles. The number of carbonyl (C=O) groups is 4. The SMILES string of the molecule is N#Cc1c(NS(=O)(=O)N2CC[C@@H](F)C2)ccc(F)c1Oc1ccc2ncn(-c3cnc(N4CCC(C5CN(c6ccc7c(c6)C(=O)N(C6CCC(=O)NC6=O)C7=O)C5)CC4)nc3)c(=O)c2c1. The molecule has 2 N–H and O–H groups in total. The summed E-state index contributed by atoms with van der Waals surface area (Å²) in [6, 6.07) is 12.2. The number of alkyl halides is 1. The molecule has 5 aliphatic heterocycles. The molecule has 10 rings (SSSR count). The maximum absolute atomic E-state index is 15.2. The Labute approximate surface area is 374 Å². The summed E-state index contributed by atoms with van der Waals surface area (Å²) in [6.07, 6.45) is 5.03. The summed E-state index contributed by atoms with van der Waals surface area (Å²) in [5.74, 6) is -2.35. The van der Waals surface area contributed by atoms with Crippen molar-refractivity contribution < 1.29 is 41.1 Å².